The first kappa shape index (κ1) is 12.8. The van der Waals surface area contributed by atoms with Gasteiger partial charge in [0.15, 0.2) is 0 Å². The minimum atomic E-state index is -1.06. The van der Waals surface area contributed by atoms with Crippen LogP contribution in [-0.2, 0) is 16.3 Å². The number of hydrogen-bond donors (Lipinski definition) is 1. The summed E-state index contributed by atoms with van der Waals surface area (Å²) < 4.78 is 0. The maximum atomic E-state index is 9.78. The Kier molecular flexibility index (Phi) is 4.53. The van der Waals surface area contributed by atoms with Crippen LogP contribution >= 0.6 is 0 Å². The molecule has 0 bridgehead atoms. The quantitative estimate of drug-likeness (QED) is 0.494. The van der Waals surface area contributed by atoms with Gasteiger partial charge in [-0.05, 0) is 17.9 Å². The molecule has 0 saturated carbocycles. The molecular weight excluding hydrogens is 227 g/mol. The second kappa shape index (κ2) is 6.35. The third-order valence-electron chi connectivity index (χ3n) is 2.55. The van der Waals surface area contributed by atoms with Crippen LogP contribution < -0.4 is 5.46 Å². The predicted octanol–water partition coefficient (Wildman–Crippen LogP) is 1.83. The summed E-state index contributed by atoms with van der Waals surface area (Å²) in [7, 11) is -1.06. The first-order valence-electron chi connectivity index (χ1n) is 5.82. The van der Waals surface area contributed by atoms with Crippen molar-refractivity contribution in [3.8, 4) is 0 Å². The molecule has 2 aromatic carbocycles. The molecule has 4 heteroatoms. The highest BCUT2D eigenvalue weighted by molar-refractivity contribution is 6.59. The highest BCUT2D eigenvalue weighted by Gasteiger charge is 2.17. The molecular formula is C14H15BO3. The van der Waals surface area contributed by atoms with E-state index < -0.39 is 7.12 Å². The molecule has 92 valence electrons. The average molecular weight is 242 g/mol. The maximum Gasteiger partial charge on any atom is 0.523 e. The van der Waals surface area contributed by atoms with Crippen LogP contribution in [0.4, 0.5) is 0 Å². The number of hydrogen-bond acceptors (Lipinski definition) is 3. The van der Waals surface area contributed by atoms with Crippen LogP contribution in [0, 0.1) is 6.92 Å². The zero-order chi connectivity index (χ0) is 12.8. The molecule has 0 radical (unpaired) electrons. The smallest absolute Gasteiger partial charge is 0.422 e. The van der Waals surface area contributed by atoms with Crippen molar-refractivity contribution in [2.45, 2.75) is 13.5 Å². The van der Waals surface area contributed by atoms with Gasteiger partial charge in [-0.1, -0.05) is 60.2 Å². The predicted molar refractivity (Wildman–Crippen MR) is 71.1 cm³/mol. The summed E-state index contributed by atoms with van der Waals surface area (Å²) in [6.45, 7) is 2.27. The van der Waals surface area contributed by atoms with Crippen molar-refractivity contribution in [3.63, 3.8) is 0 Å². The molecule has 0 unspecified atom stereocenters. The summed E-state index contributed by atoms with van der Waals surface area (Å²) in [5.41, 5.74) is 2.75. The lowest BCUT2D eigenvalue weighted by molar-refractivity contribution is -0.231. The summed E-state index contributed by atoms with van der Waals surface area (Å²) in [5.74, 6) is 0. The van der Waals surface area contributed by atoms with Crippen LogP contribution in [0.1, 0.15) is 11.1 Å². The van der Waals surface area contributed by atoms with E-state index in [1.54, 1.807) is 6.07 Å². The lowest BCUT2D eigenvalue weighted by atomic mass is 9.79. The molecule has 0 aromatic heterocycles. The number of rotatable bonds is 5. The largest absolute Gasteiger partial charge is 0.523 e. The fraction of sp³-hybridized carbons (Fsp3) is 0.143. The zero-order valence-corrected chi connectivity index (χ0v) is 10.2. The van der Waals surface area contributed by atoms with E-state index >= 15 is 0 Å². The van der Waals surface area contributed by atoms with Gasteiger partial charge in [0.1, 0.15) is 6.61 Å². The Morgan fingerprint density at radius 1 is 1.06 bits per heavy atom. The first-order chi connectivity index (χ1) is 8.75. The van der Waals surface area contributed by atoms with Crippen LogP contribution in [0.3, 0.4) is 0 Å². The fourth-order valence-corrected chi connectivity index (χ4v) is 1.62. The molecule has 2 rings (SSSR count). The molecule has 0 heterocycles. The number of aryl methyl sites for hydroxylation is 1. The summed E-state index contributed by atoms with van der Waals surface area (Å²) >= 11 is 0. The monoisotopic (exact) mass is 242 g/mol. The van der Waals surface area contributed by atoms with Gasteiger partial charge in [-0.25, -0.2) is 4.89 Å². The van der Waals surface area contributed by atoms with Gasteiger partial charge in [-0.2, -0.15) is 0 Å². The van der Waals surface area contributed by atoms with Crippen LogP contribution in [0.5, 0.6) is 0 Å². The fourth-order valence-electron chi connectivity index (χ4n) is 1.62. The average Bonchev–Trinajstić information content (AvgIpc) is 2.40. The molecule has 0 fully saturated rings. The van der Waals surface area contributed by atoms with Crippen LogP contribution in [0.15, 0.2) is 54.6 Å². The van der Waals surface area contributed by atoms with Crippen molar-refractivity contribution in [2.24, 2.45) is 0 Å². The van der Waals surface area contributed by atoms with Gasteiger partial charge < -0.3 is 5.02 Å². The molecule has 0 atom stereocenters. The van der Waals surface area contributed by atoms with E-state index in [1.807, 2.05) is 55.5 Å². The molecule has 0 saturated heterocycles. The highest BCUT2D eigenvalue weighted by atomic mass is 17.2. The molecule has 0 aliphatic carbocycles. The molecule has 0 aliphatic heterocycles. The molecule has 0 amide bonds. The Balaban J connectivity index is 1.83. The Morgan fingerprint density at radius 3 is 2.56 bits per heavy atom. The van der Waals surface area contributed by atoms with Gasteiger partial charge in [-0.3, -0.25) is 4.81 Å². The van der Waals surface area contributed by atoms with Crippen molar-refractivity contribution < 1.29 is 14.7 Å². The SMILES string of the molecule is Cc1cccc(B(O)OOCc2ccccc2)c1. The minimum Gasteiger partial charge on any atom is -0.422 e. The van der Waals surface area contributed by atoms with Gasteiger partial charge >= 0.3 is 7.12 Å². The second-order valence-corrected chi connectivity index (χ2v) is 4.11. The van der Waals surface area contributed by atoms with E-state index in [0.29, 0.717) is 12.1 Å². The van der Waals surface area contributed by atoms with Crippen LogP contribution in [0.25, 0.3) is 0 Å². The van der Waals surface area contributed by atoms with Gasteiger partial charge in [0.2, 0.25) is 0 Å². The van der Waals surface area contributed by atoms with E-state index in [-0.39, 0.29) is 0 Å². The van der Waals surface area contributed by atoms with E-state index in [9.17, 15) is 5.02 Å². The van der Waals surface area contributed by atoms with Gasteiger partial charge in [-0.15, -0.1) is 0 Å². The van der Waals surface area contributed by atoms with Gasteiger partial charge in [0.25, 0.3) is 0 Å². The number of benzene rings is 2. The molecule has 3 nitrogen and oxygen atoms in total. The van der Waals surface area contributed by atoms with Crippen LogP contribution in [-0.4, -0.2) is 12.1 Å². The van der Waals surface area contributed by atoms with Gasteiger partial charge in [0, 0.05) is 0 Å². The normalized spacial score (nSPS) is 10.3. The maximum absolute atomic E-state index is 9.78. The molecule has 0 aliphatic rings. The van der Waals surface area contributed by atoms with E-state index in [2.05, 4.69) is 0 Å². The Hall–Kier alpha value is -1.62. The minimum absolute atomic E-state index is 0.309. The van der Waals surface area contributed by atoms with E-state index in [0.717, 1.165) is 11.1 Å². The third-order valence-corrected chi connectivity index (χ3v) is 2.55. The topological polar surface area (TPSA) is 38.7 Å². The third kappa shape index (κ3) is 3.70. The Morgan fingerprint density at radius 2 is 1.83 bits per heavy atom. The van der Waals surface area contributed by atoms with Crippen LogP contribution in [0.2, 0.25) is 0 Å². The van der Waals surface area contributed by atoms with Crippen molar-refractivity contribution >= 4 is 12.6 Å². The highest BCUT2D eigenvalue weighted by Crippen LogP contribution is 2.01. The van der Waals surface area contributed by atoms with Gasteiger partial charge in [0.05, 0.1) is 0 Å². The van der Waals surface area contributed by atoms with Crippen molar-refractivity contribution in [1.29, 1.82) is 0 Å². The van der Waals surface area contributed by atoms with Crippen molar-refractivity contribution in [3.05, 3.63) is 65.7 Å². The Labute approximate surface area is 107 Å². The standard InChI is InChI=1S/C14H15BO3/c1-12-6-5-9-14(10-12)15(16)18-17-11-13-7-3-2-4-8-13/h2-10,16H,11H2,1H3. The summed E-state index contributed by atoms with van der Waals surface area (Å²) in [4.78, 5) is 9.97. The molecule has 18 heavy (non-hydrogen) atoms. The summed E-state index contributed by atoms with van der Waals surface area (Å²) in [6.07, 6.45) is 0. The Bertz CT molecular complexity index is 487. The molecule has 0 spiro atoms. The lowest BCUT2D eigenvalue weighted by Gasteiger charge is -2.08. The second-order valence-electron chi connectivity index (χ2n) is 4.11. The molecule has 1 N–H and O–H groups in total. The zero-order valence-electron chi connectivity index (χ0n) is 10.2. The van der Waals surface area contributed by atoms with Crippen molar-refractivity contribution in [2.75, 3.05) is 0 Å². The van der Waals surface area contributed by atoms with E-state index in [4.69, 9.17) is 9.69 Å². The van der Waals surface area contributed by atoms with Crippen molar-refractivity contribution in [1.82, 2.24) is 0 Å². The summed E-state index contributed by atoms with van der Waals surface area (Å²) in [6, 6.07) is 17.1. The molecule has 2 aromatic rings. The first-order valence-corrected chi connectivity index (χ1v) is 5.82. The summed E-state index contributed by atoms with van der Waals surface area (Å²) in [5, 5.41) is 9.78. The lowest BCUT2D eigenvalue weighted by Crippen LogP contribution is -2.33. The van der Waals surface area contributed by atoms with E-state index in [1.165, 1.54) is 0 Å².